The number of hydrogen-bond acceptors (Lipinski definition) is 4. The average Bonchev–Trinajstić information content (AvgIpc) is 2.85. The van der Waals surface area contributed by atoms with Gasteiger partial charge in [-0.15, -0.1) is 0 Å². The van der Waals surface area contributed by atoms with Gasteiger partial charge in [-0.05, 0) is 44.5 Å². The molecule has 2 aliphatic heterocycles. The summed E-state index contributed by atoms with van der Waals surface area (Å²) in [6.07, 6.45) is 1.94. The van der Waals surface area contributed by atoms with E-state index in [9.17, 15) is 4.79 Å². The van der Waals surface area contributed by atoms with Crippen molar-refractivity contribution in [2.75, 3.05) is 19.8 Å². The van der Waals surface area contributed by atoms with Gasteiger partial charge in [-0.1, -0.05) is 0 Å². The van der Waals surface area contributed by atoms with Crippen molar-refractivity contribution in [2.45, 2.75) is 25.3 Å². The molecule has 0 radical (unpaired) electrons. The molecule has 0 amide bonds. The van der Waals surface area contributed by atoms with Crippen LogP contribution in [0.4, 0.5) is 0 Å². The Bertz CT molecular complexity index is 478. The van der Waals surface area contributed by atoms with Gasteiger partial charge < -0.3 is 14.8 Å². The molecule has 0 spiro atoms. The number of ketones is 1. The van der Waals surface area contributed by atoms with Gasteiger partial charge >= 0.3 is 0 Å². The second-order valence-electron chi connectivity index (χ2n) is 5.05. The van der Waals surface area contributed by atoms with Crippen LogP contribution in [-0.4, -0.2) is 31.1 Å². The van der Waals surface area contributed by atoms with Gasteiger partial charge in [-0.2, -0.15) is 0 Å². The first-order valence-corrected chi connectivity index (χ1v) is 6.38. The Morgan fingerprint density at radius 1 is 1.28 bits per heavy atom. The van der Waals surface area contributed by atoms with E-state index in [1.165, 1.54) is 0 Å². The molecule has 1 atom stereocenters. The SMILES string of the molecule is CC1(C(=O)c2ccc3c(c2)OCCO3)CCCN1. The van der Waals surface area contributed by atoms with Gasteiger partial charge in [0.15, 0.2) is 17.3 Å². The summed E-state index contributed by atoms with van der Waals surface area (Å²) in [5.74, 6) is 1.54. The van der Waals surface area contributed by atoms with Crippen LogP contribution in [0.1, 0.15) is 30.1 Å². The fourth-order valence-electron chi connectivity index (χ4n) is 2.59. The zero-order chi connectivity index (χ0) is 12.6. The highest BCUT2D eigenvalue weighted by Gasteiger charge is 2.36. The first kappa shape index (κ1) is 11.5. The standard InChI is InChI=1S/C14H17NO3/c1-14(5-2-6-15-14)13(16)10-3-4-11-12(9-10)18-8-7-17-11/h3-4,9,15H,2,5-8H2,1H3. The first-order valence-electron chi connectivity index (χ1n) is 6.38. The molecule has 1 unspecified atom stereocenters. The number of ether oxygens (including phenoxy) is 2. The largest absolute Gasteiger partial charge is 0.486 e. The lowest BCUT2D eigenvalue weighted by Gasteiger charge is -2.24. The summed E-state index contributed by atoms with van der Waals surface area (Å²) < 4.78 is 11.0. The zero-order valence-corrected chi connectivity index (χ0v) is 10.5. The van der Waals surface area contributed by atoms with Gasteiger partial charge in [0.1, 0.15) is 13.2 Å². The maximum absolute atomic E-state index is 12.5. The molecule has 1 N–H and O–H groups in total. The van der Waals surface area contributed by atoms with Crippen LogP contribution in [0.5, 0.6) is 11.5 Å². The molecule has 2 aliphatic rings. The van der Waals surface area contributed by atoms with Crippen LogP contribution in [0.15, 0.2) is 18.2 Å². The first-order chi connectivity index (χ1) is 8.69. The average molecular weight is 247 g/mol. The van der Waals surface area contributed by atoms with Gasteiger partial charge in [0.2, 0.25) is 0 Å². The van der Waals surface area contributed by atoms with Crippen molar-refractivity contribution in [3.8, 4) is 11.5 Å². The number of fused-ring (bicyclic) bond motifs is 1. The number of hydrogen-bond donors (Lipinski definition) is 1. The Kier molecular flexibility index (Phi) is 2.74. The lowest BCUT2D eigenvalue weighted by Crippen LogP contribution is -2.44. The van der Waals surface area contributed by atoms with E-state index in [1.54, 1.807) is 6.07 Å². The molecular formula is C14H17NO3. The van der Waals surface area contributed by atoms with Gasteiger partial charge in [-0.25, -0.2) is 0 Å². The number of carbonyl (C=O) groups excluding carboxylic acids is 1. The molecule has 0 aliphatic carbocycles. The van der Waals surface area contributed by atoms with Gasteiger partial charge in [-0.3, -0.25) is 4.79 Å². The smallest absolute Gasteiger partial charge is 0.182 e. The number of rotatable bonds is 2. The predicted octanol–water partition coefficient (Wildman–Crippen LogP) is 1.78. The highest BCUT2D eigenvalue weighted by Crippen LogP contribution is 2.33. The van der Waals surface area contributed by atoms with E-state index in [1.807, 2.05) is 19.1 Å². The Hall–Kier alpha value is -1.55. The van der Waals surface area contributed by atoms with E-state index in [-0.39, 0.29) is 5.78 Å². The molecule has 1 aromatic carbocycles. The Morgan fingerprint density at radius 3 is 2.78 bits per heavy atom. The number of benzene rings is 1. The minimum Gasteiger partial charge on any atom is -0.486 e. The molecule has 96 valence electrons. The lowest BCUT2D eigenvalue weighted by atomic mass is 9.89. The summed E-state index contributed by atoms with van der Waals surface area (Å²) in [6.45, 7) is 3.99. The van der Waals surface area contributed by atoms with Crippen LogP contribution < -0.4 is 14.8 Å². The molecule has 3 rings (SSSR count). The Balaban J connectivity index is 1.90. The minimum absolute atomic E-state index is 0.136. The summed E-state index contributed by atoms with van der Waals surface area (Å²) in [6, 6.07) is 5.43. The highest BCUT2D eigenvalue weighted by atomic mass is 16.6. The summed E-state index contributed by atoms with van der Waals surface area (Å²) in [5, 5.41) is 3.29. The van der Waals surface area contributed by atoms with E-state index in [0.29, 0.717) is 24.5 Å². The fourth-order valence-corrected chi connectivity index (χ4v) is 2.59. The summed E-state index contributed by atoms with van der Waals surface area (Å²) in [4.78, 5) is 12.5. The lowest BCUT2D eigenvalue weighted by molar-refractivity contribution is 0.0883. The summed E-state index contributed by atoms with van der Waals surface area (Å²) >= 11 is 0. The van der Waals surface area contributed by atoms with E-state index >= 15 is 0 Å². The molecule has 1 fully saturated rings. The van der Waals surface area contributed by atoms with Crippen molar-refractivity contribution < 1.29 is 14.3 Å². The molecule has 1 saturated heterocycles. The number of carbonyl (C=O) groups is 1. The van der Waals surface area contributed by atoms with Crippen molar-refractivity contribution in [3.05, 3.63) is 23.8 Å². The van der Waals surface area contributed by atoms with E-state index in [4.69, 9.17) is 9.47 Å². The minimum atomic E-state index is -0.427. The third-order valence-corrected chi connectivity index (χ3v) is 3.67. The Labute approximate surface area is 106 Å². The molecule has 4 nitrogen and oxygen atoms in total. The second kappa shape index (κ2) is 4.28. The quantitative estimate of drug-likeness (QED) is 0.809. The van der Waals surface area contributed by atoms with Crippen LogP contribution >= 0.6 is 0 Å². The van der Waals surface area contributed by atoms with Crippen LogP contribution in [0.25, 0.3) is 0 Å². The van der Waals surface area contributed by atoms with Gasteiger partial charge in [0.05, 0.1) is 5.54 Å². The number of nitrogens with one attached hydrogen (secondary N) is 1. The van der Waals surface area contributed by atoms with Crippen molar-refractivity contribution >= 4 is 5.78 Å². The third kappa shape index (κ3) is 1.86. The van der Waals surface area contributed by atoms with Crippen molar-refractivity contribution in [1.29, 1.82) is 0 Å². The highest BCUT2D eigenvalue weighted by molar-refractivity contribution is 6.03. The second-order valence-corrected chi connectivity index (χ2v) is 5.05. The van der Waals surface area contributed by atoms with Gasteiger partial charge in [0, 0.05) is 5.56 Å². The van der Waals surface area contributed by atoms with Crippen LogP contribution in [-0.2, 0) is 0 Å². The van der Waals surface area contributed by atoms with Crippen LogP contribution in [0, 0.1) is 0 Å². The predicted molar refractivity (Wildman–Crippen MR) is 67.4 cm³/mol. The van der Waals surface area contributed by atoms with Crippen molar-refractivity contribution in [2.24, 2.45) is 0 Å². The van der Waals surface area contributed by atoms with Crippen molar-refractivity contribution in [1.82, 2.24) is 5.32 Å². The van der Waals surface area contributed by atoms with E-state index < -0.39 is 5.54 Å². The van der Waals surface area contributed by atoms with E-state index in [2.05, 4.69) is 5.32 Å². The molecule has 1 aromatic rings. The van der Waals surface area contributed by atoms with Crippen LogP contribution in [0.2, 0.25) is 0 Å². The maximum atomic E-state index is 12.5. The monoisotopic (exact) mass is 247 g/mol. The summed E-state index contributed by atoms with van der Waals surface area (Å²) in [5.41, 5.74) is 0.264. The normalized spacial score (nSPS) is 26.1. The topological polar surface area (TPSA) is 47.6 Å². The Morgan fingerprint density at radius 2 is 2.06 bits per heavy atom. The molecule has 2 heterocycles. The van der Waals surface area contributed by atoms with Crippen LogP contribution in [0.3, 0.4) is 0 Å². The van der Waals surface area contributed by atoms with Gasteiger partial charge in [0.25, 0.3) is 0 Å². The molecule has 0 saturated carbocycles. The molecular weight excluding hydrogens is 230 g/mol. The molecule has 18 heavy (non-hydrogen) atoms. The fraction of sp³-hybridized carbons (Fsp3) is 0.500. The number of Topliss-reactive ketones (excluding diaryl/α,β-unsaturated/α-hetero) is 1. The third-order valence-electron chi connectivity index (χ3n) is 3.67. The maximum Gasteiger partial charge on any atom is 0.182 e. The van der Waals surface area contributed by atoms with E-state index in [0.717, 1.165) is 25.1 Å². The molecule has 4 heteroatoms. The molecule has 0 aromatic heterocycles. The molecule has 0 bridgehead atoms. The zero-order valence-electron chi connectivity index (χ0n) is 10.5. The summed E-state index contributed by atoms with van der Waals surface area (Å²) in [7, 11) is 0. The van der Waals surface area contributed by atoms with Crippen molar-refractivity contribution in [3.63, 3.8) is 0 Å².